The highest BCUT2D eigenvalue weighted by Crippen LogP contribution is 2.46. The molecule has 1 aliphatic heterocycles. The Labute approximate surface area is 146 Å². The summed E-state index contributed by atoms with van der Waals surface area (Å²) >= 11 is 0. The Morgan fingerprint density at radius 1 is 1.20 bits per heavy atom. The van der Waals surface area contributed by atoms with Gasteiger partial charge in [-0.1, -0.05) is 32.0 Å². The zero-order valence-corrected chi connectivity index (χ0v) is 14.4. The summed E-state index contributed by atoms with van der Waals surface area (Å²) in [6.45, 7) is 4.33. The van der Waals surface area contributed by atoms with E-state index in [9.17, 15) is 9.90 Å². The van der Waals surface area contributed by atoms with E-state index in [2.05, 4.69) is 35.9 Å². The van der Waals surface area contributed by atoms with Crippen molar-refractivity contribution in [2.24, 2.45) is 4.99 Å². The molecule has 25 heavy (non-hydrogen) atoms. The molecular formula is C20H20N2O3. The Hall–Kier alpha value is -3.08. The number of likely N-dealkylation sites (N-methyl/N-ethyl adjacent to an activating group) is 1. The number of carboxylic acid groups (broad SMARTS) is 1. The van der Waals surface area contributed by atoms with E-state index >= 15 is 0 Å². The second-order valence-electron chi connectivity index (χ2n) is 6.54. The van der Waals surface area contributed by atoms with Crippen molar-refractivity contribution in [1.29, 1.82) is 0 Å². The summed E-state index contributed by atoms with van der Waals surface area (Å²) in [4.78, 5) is 17.5. The maximum Gasteiger partial charge on any atom is 0.339 e. The lowest BCUT2D eigenvalue weighted by molar-refractivity contribution is 0.0694. The van der Waals surface area contributed by atoms with Gasteiger partial charge in [-0.25, -0.2) is 4.79 Å². The number of carbonyl (C=O) groups is 1. The molecule has 0 saturated heterocycles. The van der Waals surface area contributed by atoms with Gasteiger partial charge in [-0.05, 0) is 35.9 Å². The number of hydrogen-bond donors (Lipinski definition) is 2. The van der Waals surface area contributed by atoms with Crippen LogP contribution in [0.1, 0.15) is 29.8 Å². The largest absolute Gasteiger partial charge is 0.507 e. The van der Waals surface area contributed by atoms with Crippen LogP contribution in [0.5, 0.6) is 5.75 Å². The summed E-state index contributed by atoms with van der Waals surface area (Å²) in [6.07, 6.45) is 3.60. The van der Waals surface area contributed by atoms with Gasteiger partial charge in [0, 0.05) is 30.1 Å². The van der Waals surface area contributed by atoms with Crippen LogP contribution in [0.3, 0.4) is 0 Å². The highest BCUT2D eigenvalue weighted by molar-refractivity contribution is 5.92. The van der Waals surface area contributed by atoms with E-state index in [-0.39, 0.29) is 16.7 Å². The third-order valence-corrected chi connectivity index (χ3v) is 4.61. The minimum Gasteiger partial charge on any atom is -0.507 e. The molecule has 0 amide bonds. The number of allylic oxidation sites excluding steroid dienone is 2. The molecule has 1 aliphatic rings. The topological polar surface area (TPSA) is 73.1 Å². The lowest BCUT2D eigenvalue weighted by atomic mass is 9.84. The van der Waals surface area contributed by atoms with Gasteiger partial charge in [0.1, 0.15) is 11.3 Å². The van der Waals surface area contributed by atoms with Crippen LogP contribution in [0.25, 0.3) is 0 Å². The molecule has 2 aromatic carbocycles. The minimum absolute atomic E-state index is 0.140. The van der Waals surface area contributed by atoms with Crippen LogP contribution < -0.4 is 4.90 Å². The lowest BCUT2D eigenvalue weighted by Gasteiger charge is -2.23. The fourth-order valence-electron chi connectivity index (χ4n) is 3.27. The van der Waals surface area contributed by atoms with E-state index in [0.29, 0.717) is 5.69 Å². The van der Waals surface area contributed by atoms with Crippen LogP contribution in [-0.2, 0) is 5.41 Å². The first-order chi connectivity index (χ1) is 11.8. The van der Waals surface area contributed by atoms with Crippen molar-refractivity contribution in [2.75, 3.05) is 11.9 Å². The minimum atomic E-state index is -1.18. The number of phenols is 1. The number of para-hydroxylation sites is 1. The molecule has 3 rings (SSSR count). The normalized spacial score (nSPS) is 17.2. The highest BCUT2D eigenvalue weighted by Gasteiger charge is 2.37. The van der Waals surface area contributed by atoms with Gasteiger partial charge in [-0.15, -0.1) is 0 Å². The molecule has 0 spiro atoms. The second-order valence-corrected chi connectivity index (χ2v) is 6.54. The monoisotopic (exact) mass is 336 g/mol. The molecular weight excluding hydrogens is 316 g/mol. The summed E-state index contributed by atoms with van der Waals surface area (Å²) in [5.41, 5.74) is 3.71. The Morgan fingerprint density at radius 2 is 1.92 bits per heavy atom. The molecule has 0 saturated carbocycles. The number of aromatic carboxylic acids is 1. The molecule has 1 heterocycles. The Balaban J connectivity index is 1.91. The van der Waals surface area contributed by atoms with Gasteiger partial charge in [0.2, 0.25) is 0 Å². The summed E-state index contributed by atoms with van der Waals surface area (Å²) in [5.74, 6) is -1.45. The number of fused-ring (bicyclic) bond motifs is 1. The SMILES string of the molecule is CN1/C(=C\C=Nc2ccc(O)c(C(=O)O)c2)C(C)(C)c2ccccc21. The van der Waals surface area contributed by atoms with E-state index in [1.807, 2.05) is 25.3 Å². The van der Waals surface area contributed by atoms with Crippen LogP contribution in [0.15, 0.2) is 59.2 Å². The van der Waals surface area contributed by atoms with Gasteiger partial charge in [0.25, 0.3) is 0 Å². The van der Waals surface area contributed by atoms with E-state index in [4.69, 9.17) is 5.11 Å². The predicted molar refractivity (Wildman–Crippen MR) is 99.2 cm³/mol. The summed E-state index contributed by atoms with van der Waals surface area (Å²) in [6, 6.07) is 12.5. The van der Waals surface area contributed by atoms with E-state index in [1.165, 1.54) is 23.4 Å². The molecule has 0 atom stereocenters. The predicted octanol–water partition coefficient (Wildman–Crippen LogP) is 4.10. The molecule has 0 radical (unpaired) electrons. The van der Waals surface area contributed by atoms with Crippen LogP contribution in [0.2, 0.25) is 0 Å². The first kappa shape index (κ1) is 16.8. The van der Waals surface area contributed by atoms with Crippen molar-refractivity contribution < 1.29 is 15.0 Å². The number of aromatic hydroxyl groups is 1. The molecule has 0 bridgehead atoms. The maximum atomic E-state index is 11.1. The van der Waals surface area contributed by atoms with Gasteiger partial charge in [0.05, 0.1) is 5.69 Å². The fraction of sp³-hybridized carbons (Fsp3) is 0.200. The average molecular weight is 336 g/mol. The number of rotatable bonds is 3. The smallest absolute Gasteiger partial charge is 0.339 e. The van der Waals surface area contributed by atoms with E-state index in [0.717, 1.165) is 5.70 Å². The zero-order chi connectivity index (χ0) is 18.2. The second kappa shape index (κ2) is 6.09. The number of carboxylic acids is 1. The first-order valence-corrected chi connectivity index (χ1v) is 7.96. The molecule has 2 N–H and O–H groups in total. The maximum absolute atomic E-state index is 11.1. The van der Waals surface area contributed by atoms with Crippen LogP contribution in [0, 0.1) is 0 Å². The summed E-state index contributed by atoms with van der Waals surface area (Å²) < 4.78 is 0. The number of anilines is 1. The Bertz CT molecular complexity index is 898. The molecule has 5 heteroatoms. The molecule has 0 aliphatic carbocycles. The molecule has 0 fully saturated rings. The number of aliphatic imine (C=N–C) groups is 1. The van der Waals surface area contributed by atoms with Gasteiger partial charge < -0.3 is 15.1 Å². The van der Waals surface area contributed by atoms with Crippen molar-refractivity contribution in [3.05, 3.63) is 65.4 Å². The quantitative estimate of drug-likeness (QED) is 0.828. The molecule has 0 aromatic heterocycles. The van der Waals surface area contributed by atoms with Crippen molar-refractivity contribution in [3.63, 3.8) is 0 Å². The third kappa shape index (κ3) is 2.89. The highest BCUT2D eigenvalue weighted by atomic mass is 16.4. The standard InChI is InChI=1S/C20H20N2O3/c1-20(2)15-6-4-5-7-16(15)22(3)18(20)10-11-21-13-8-9-17(23)14(12-13)19(24)25/h4-12,23H,1-3H3,(H,24,25)/b18-10-,21-11?. The summed E-state index contributed by atoms with van der Waals surface area (Å²) in [7, 11) is 2.02. The van der Waals surface area contributed by atoms with Crippen LogP contribution in [0.4, 0.5) is 11.4 Å². The fourth-order valence-corrected chi connectivity index (χ4v) is 3.27. The first-order valence-electron chi connectivity index (χ1n) is 7.96. The average Bonchev–Trinajstić information content (AvgIpc) is 2.77. The number of benzene rings is 2. The summed E-state index contributed by atoms with van der Waals surface area (Å²) in [5, 5.41) is 18.6. The number of nitrogens with zero attached hydrogens (tertiary/aromatic N) is 2. The molecule has 128 valence electrons. The van der Waals surface area contributed by atoms with Crippen molar-refractivity contribution in [3.8, 4) is 5.75 Å². The van der Waals surface area contributed by atoms with Gasteiger partial charge in [-0.2, -0.15) is 0 Å². The van der Waals surface area contributed by atoms with Crippen LogP contribution in [-0.4, -0.2) is 29.4 Å². The Kier molecular flexibility index (Phi) is 4.08. The molecule has 2 aromatic rings. The van der Waals surface area contributed by atoms with Gasteiger partial charge in [-0.3, -0.25) is 4.99 Å². The Morgan fingerprint density at radius 3 is 2.60 bits per heavy atom. The van der Waals surface area contributed by atoms with E-state index in [1.54, 1.807) is 12.3 Å². The molecule has 0 unspecified atom stereocenters. The number of hydrogen-bond acceptors (Lipinski definition) is 4. The molecule has 5 nitrogen and oxygen atoms in total. The van der Waals surface area contributed by atoms with Gasteiger partial charge >= 0.3 is 5.97 Å². The van der Waals surface area contributed by atoms with E-state index < -0.39 is 5.97 Å². The third-order valence-electron chi connectivity index (χ3n) is 4.61. The van der Waals surface area contributed by atoms with Crippen molar-refractivity contribution in [2.45, 2.75) is 19.3 Å². The van der Waals surface area contributed by atoms with Gasteiger partial charge in [0.15, 0.2) is 0 Å². The zero-order valence-electron chi connectivity index (χ0n) is 14.4. The van der Waals surface area contributed by atoms with Crippen molar-refractivity contribution in [1.82, 2.24) is 0 Å². The lowest BCUT2D eigenvalue weighted by Crippen LogP contribution is -2.23. The van der Waals surface area contributed by atoms with Crippen LogP contribution >= 0.6 is 0 Å². The van der Waals surface area contributed by atoms with Crippen molar-refractivity contribution >= 4 is 23.6 Å².